The molecule has 0 unspecified atom stereocenters. The van der Waals surface area contributed by atoms with Crippen molar-refractivity contribution in [3.8, 4) is 5.75 Å². The van der Waals surface area contributed by atoms with E-state index in [9.17, 15) is 0 Å². The molecule has 3 N–H and O–H groups in total. The molecule has 0 fully saturated rings. The zero-order chi connectivity index (χ0) is 12.9. The number of amidine groups is 1. The molecule has 0 aromatic carbocycles. The van der Waals surface area contributed by atoms with Crippen LogP contribution in [0.15, 0.2) is 18.3 Å². The molecular weight excluding hydrogens is 218 g/mol. The van der Waals surface area contributed by atoms with Crippen molar-refractivity contribution >= 4 is 5.84 Å². The molecule has 1 rings (SSSR count). The SMILES string of the molecule is COC(C)(C)CCOc1cccnc1C(=N)N. The first-order valence-electron chi connectivity index (χ1n) is 5.43. The molecule has 0 amide bonds. The molecule has 0 aliphatic carbocycles. The highest BCUT2D eigenvalue weighted by Gasteiger charge is 2.16. The molecule has 0 saturated carbocycles. The van der Waals surface area contributed by atoms with Crippen LogP contribution in [0.25, 0.3) is 0 Å². The van der Waals surface area contributed by atoms with Crippen molar-refractivity contribution in [3.63, 3.8) is 0 Å². The lowest BCUT2D eigenvalue weighted by molar-refractivity contribution is 0.00541. The predicted molar refractivity (Wildman–Crippen MR) is 66.5 cm³/mol. The van der Waals surface area contributed by atoms with Crippen LogP contribution in [0.1, 0.15) is 26.0 Å². The summed E-state index contributed by atoms with van der Waals surface area (Å²) in [6.45, 7) is 4.48. The van der Waals surface area contributed by atoms with Crippen LogP contribution < -0.4 is 10.5 Å². The van der Waals surface area contributed by atoms with Gasteiger partial charge >= 0.3 is 0 Å². The first-order valence-corrected chi connectivity index (χ1v) is 5.43. The summed E-state index contributed by atoms with van der Waals surface area (Å²) in [5.41, 5.74) is 5.57. The van der Waals surface area contributed by atoms with Gasteiger partial charge in [-0.25, -0.2) is 4.98 Å². The number of rotatable bonds is 6. The Kier molecular flexibility index (Phi) is 4.45. The third-order valence-electron chi connectivity index (χ3n) is 2.54. The fraction of sp³-hybridized carbons (Fsp3) is 0.500. The average Bonchev–Trinajstić information content (AvgIpc) is 2.29. The molecule has 0 bridgehead atoms. The van der Waals surface area contributed by atoms with Crippen LogP contribution in [0.2, 0.25) is 0 Å². The van der Waals surface area contributed by atoms with Crippen molar-refractivity contribution in [2.24, 2.45) is 5.73 Å². The predicted octanol–water partition coefficient (Wildman–Crippen LogP) is 1.56. The lowest BCUT2D eigenvalue weighted by Gasteiger charge is -2.22. The highest BCUT2D eigenvalue weighted by Crippen LogP contribution is 2.17. The monoisotopic (exact) mass is 237 g/mol. The van der Waals surface area contributed by atoms with Crippen molar-refractivity contribution in [2.45, 2.75) is 25.9 Å². The summed E-state index contributed by atoms with van der Waals surface area (Å²) in [5, 5.41) is 7.38. The van der Waals surface area contributed by atoms with Crippen LogP contribution in [-0.2, 0) is 4.74 Å². The summed E-state index contributed by atoms with van der Waals surface area (Å²) in [6, 6.07) is 3.51. The maximum atomic E-state index is 7.38. The molecule has 5 heteroatoms. The number of methoxy groups -OCH3 is 1. The molecule has 0 radical (unpaired) electrons. The van der Waals surface area contributed by atoms with E-state index in [2.05, 4.69) is 4.98 Å². The Balaban J connectivity index is 2.61. The summed E-state index contributed by atoms with van der Waals surface area (Å²) in [4.78, 5) is 4.01. The number of nitrogens with two attached hydrogens (primary N) is 1. The summed E-state index contributed by atoms with van der Waals surface area (Å²) in [5.74, 6) is 0.443. The largest absolute Gasteiger partial charge is 0.491 e. The van der Waals surface area contributed by atoms with Crippen LogP contribution in [0.4, 0.5) is 0 Å². The minimum atomic E-state index is -0.224. The zero-order valence-corrected chi connectivity index (χ0v) is 10.5. The lowest BCUT2D eigenvalue weighted by Crippen LogP contribution is -2.25. The number of hydrogen-bond donors (Lipinski definition) is 2. The Bertz CT molecular complexity index is 391. The van der Waals surface area contributed by atoms with Gasteiger partial charge in [0.2, 0.25) is 0 Å². The minimum Gasteiger partial charge on any atom is -0.491 e. The molecule has 1 heterocycles. The Hall–Kier alpha value is -1.62. The van der Waals surface area contributed by atoms with E-state index in [1.807, 2.05) is 13.8 Å². The van der Waals surface area contributed by atoms with Crippen molar-refractivity contribution in [1.82, 2.24) is 4.98 Å². The topological polar surface area (TPSA) is 81.2 Å². The lowest BCUT2D eigenvalue weighted by atomic mass is 10.1. The number of aromatic nitrogens is 1. The second-order valence-electron chi connectivity index (χ2n) is 4.33. The molecule has 5 nitrogen and oxygen atoms in total. The first-order chi connectivity index (χ1) is 7.96. The van der Waals surface area contributed by atoms with Gasteiger partial charge in [0.25, 0.3) is 0 Å². The van der Waals surface area contributed by atoms with E-state index in [4.69, 9.17) is 20.6 Å². The van der Waals surface area contributed by atoms with Gasteiger partial charge in [-0.05, 0) is 26.0 Å². The number of nitrogens with zero attached hydrogens (tertiary/aromatic N) is 1. The van der Waals surface area contributed by atoms with E-state index >= 15 is 0 Å². The molecule has 1 aromatic rings. The van der Waals surface area contributed by atoms with E-state index < -0.39 is 0 Å². The molecule has 0 aliphatic rings. The zero-order valence-electron chi connectivity index (χ0n) is 10.5. The molecule has 94 valence electrons. The number of hydrogen-bond acceptors (Lipinski definition) is 4. The molecular formula is C12H19N3O2. The summed E-state index contributed by atoms with van der Waals surface area (Å²) >= 11 is 0. The Labute approximate surface area is 101 Å². The van der Waals surface area contributed by atoms with Gasteiger partial charge in [-0.1, -0.05) is 0 Å². The summed E-state index contributed by atoms with van der Waals surface area (Å²) < 4.78 is 10.9. The van der Waals surface area contributed by atoms with Gasteiger partial charge in [-0.2, -0.15) is 0 Å². The van der Waals surface area contributed by atoms with Gasteiger partial charge < -0.3 is 15.2 Å². The maximum Gasteiger partial charge on any atom is 0.148 e. The Morgan fingerprint density at radius 1 is 1.53 bits per heavy atom. The smallest absolute Gasteiger partial charge is 0.148 e. The molecule has 17 heavy (non-hydrogen) atoms. The van der Waals surface area contributed by atoms with Gasteiger partial charge in [-0.3, -0.25) is 5.41 Å². The molecule has 0 spiro atoms. The van der Waals surface area contributed by atoms with Gasteiger partial charge in [0, 0.05) is 19.7 Å². The minimum absolute atomic E-state index is 0.0911. The number of ether oxygens (including phenoxy) is 2. The third-order valence-corrected chi connectivity index (χ3v) is 2.54. The molecule has 1 aromatic heterocycles. The van der Waals surface area contributed by atoms with E-state index in [1.54, 1.807) is 25.4 Å². The quantitative estimate of drug-likeness (QED) is 0.581. The van der Waals surface area contributed by atoms with E-state index in [0.29, 0.717) is 18.1 Å². The van der Waals surface area contributed by atoms with Gasteiger partial charge in [-0.15, -0.1) is 0 Å². The Morgan fingerprint density at radius 3 is 2.82 bits per heavy atom. The van der Waals surface area contributed by atoms with Crippen LogP contribution in [0.3, 0.4) is 0 Å². The second-order valence-corrected chi connectivity index (χ2v) is 4.33. The van der Waals surface area contributed by atoms with Crippen LogP contribution in [0.5, 0.6) is 5.75 Å². The number of nitrogen functional groups attached to an aromatic ring is 1. The van der Waals surface area contributed by atoms with Crippen molar-refractivity contribution in [1.29, 1.82) is 5.41 Å². The number of nitrogens with one attached hydrogen (secondary N) is 1. The van der Waals surface area contributed by atoms with Crippen molar-refractivity contribution in [3.05, 3.63) is 24.0 Å². The highest BCUT2D eigenvalue weighted by molar-refractivity contribution is 5.95. The number of pyridine rings is 1. The van der Waals surface area contributed by atoms with E-state index in [0.717, 1.165) is 6.42 Å². The molecule has 0 aliphatic heterocycles. The molecule has 0 saturated heterocycles. The Morgan fingerprint density at radius 2 is 2.24 bits per heavy atom. The summed E-state index contributed by atoms with van der Waals surface area (Å²) in [6.07, 6.45) is 2.33. The average molecular weight is 237 g/mol. The third kappa shape index (κ3) is 4.03. The standard InChI is InChI=1S/C12H19N3O2/c1-12(2,16-3)6-8-17-9-5-4-7-15-10(9)11(13)14/h4-5,7H,6,8H2,1-3H3,(H3,13,14). The van der Waals surface area contributed by atoms with Gasteiger partial charge in [0.15, 0.2) is 0 Å². The first kappa shape index (κ1) is 13.4. The fourth-order valence-electron chi connectivity index (χ4n) is 1.22. The van der Waals surface area contributed by atoms with Crippen LogP contribution in [-0.4, -0.2) is 30.1 Å². The fourth-order valence-corrected chi connectivity index (χ4v) is 1.22. The van der Waals surface area contributed by atoms with Gasteiger partial charge in [0.05, 0.1) is 12.2 Å². The second kappa shape index (κ2) is 5.63. The van der Waals surface area contributed by atoms with Crippen LogP contribution >= 0.6 is 0 Å². The van der Waals surface area contributed by atoms with E-state index in [-0.39, 0.29) is 11.4 Å². The summed E-state index contributed by atoms with van der Waals surface area (Å²) in [7, 11) is 1.67. The van der Waals surface area contributed by atoms with Crippen molar-refractivity contribution in [2.75, 3.05) is 13.7 Å². The normalized spacial score (nSPS) is 11.2. The van der Waals surface area contributed by atoms with Crippen LogP contribution in [0, 0.1) is 5.41 Å². The van der Waals surface area contributed by atoms with Crippen molar-refractivity contribution < 1.29 is 9.47 Å². The van der Waals surface area contributed by atoms with E-state index in [1.165, 1.54) is 0 Å². The van der Waals surface area contributed by atoms with Gasteiger partial charge in [0.1, 0.15) is 17.3 Å². The highest BCUT2D eigenvalue weighted by atomic mass is 16.5. The molecule has 0 atom stereocenters. The maximum absolute atomic E-state index is 7.38.